The van der Waals surface area contributed by atoms with Gasteiger partial charge in [-0.1, -0.05) is 11.6 Å². The minimum atomic E-state index is -0.147. The zero-order valence-corrected chi connectivity index (χ0v) is 12.3. The molecule has 0 aliphatic rings. The van der Waals surface area contributed by atoms with Crippen LogP contribution >= 0.6 is 34.3 Å². The molecule has 0 atom stereocenters. The smallest absolute Gasteiger partial charge is 0.265 e. The van der Waals surface area contributed by atoms with Crippen molar-refractivity contribution in [3.05, 3.63) is 45.4 Å². The number of amides is 1. The number of carbonyl (C=O) groups is 1. The van der Waals surface area contributed by atoms with Gasteiger partial charge in [0.15, 0.2) is 5.15 Å². The summed E-state index contributed by atoms with van der Waals surface area (Å²) in [7, 11) is 0. The van der Waals surface area contributed by atoms with Gasteiger partial charge in [-0.05, 0) is 36.1 Å². The number of aryl methyl sites for hydroxylation is 1. The van der Waals surface area contributed by atoms with Crippen LogP contribution in [0.3, 0.4) is 0 Å². The second kappa shape index (κ2) is 4.92. The number of halogens is 1. The molecular weight excluding hydrogens is 300 g/mol. The summed E-state index contributed by atoms with van der Waals surface area (Å²) in [6.07, 6.45) is 1.62. The fraction of sp³-hybridized carbons (Fsp3) is 0.0769. The van der Waals surface area contributed by atoms with Crippen LogP contribution in [0.2, 0.25) is 5.15 Å². The highest BCUT2D eigenvalue weighted by Crippen LogP contribution is 2.31. The van der Waals surface area contributed by atoms with Crippen molar-refractivity contribution in [3.8, 4) is 0 Å². The van der Waals surface area contributed by atoms with Crippen molar-refractivity contribution in [1.29, 1.82) is 0 Å². The molecule has 1 N–H and O–H groups in total. The number of rotatable bonds is 2. The maximum atomic E-state index is 12.2. The normalized spacial score (nSPS) is 10.8. The molecule has 0 aromatic carbocycles. The number of fused-ring (bicyclic) bond motifs is 1. The second-order valence-electron chi connectivity index (χ2n) is 4.01. The van der Waals surface area contributed by atoms with E-state index in [0.717, 1.165) is 15.0 Å². The average Bonchev–Trinajstić information content (AvgIpc) is 2.94. The Labute approximate surface area is 122 Å². The van der Waals surface area contributed by atoms with Gasteiger partial charge in [-0.15, -0.1) is 22.7 Å². The van der Waals surface area contributed by atoms with Gasteiger partial charge in [-0.3, -0.25) is 4.79 Å². The number of pyridine rings is 1. The Morgan fingerprint density at radius 1 is 1.37 bits per heavy atom. The summed E-state index contributed by atoms with van der Waals surface area (Å²) in [5.74, 6) is -0.147. The topological polar surface area (TPSA) is 42.0 Å². The lowest BCUT2D eigenvalue weighted by Crippen LogP contribution is -2.11. The minimum absolute atomic E-state index is 0.147. The lowest BCUT2D eigenvalue weighted by molar-refractivity contribution is 0.103. The zero-order valence-electron chi connectivity index (χ0n) is 9.94. The molecule has 3 heterocycles. The molecule has 6 heteroatoms. The van der Waals surface area contributed by atoms with E-state index < -0.39 is 0 Å². The van der Waals surface area contributed by atoms with Gasteiger partial charge in [-0.2, -0.15) is 0 Å². The molecular formula is C13H9ClN2OS2. The average molecular weight is 309 g/mol. The molecule has 3 aromatic heterocycles. The van der Waals surface area contributed by atoms with E-state index in [9.17, 15) is 4.79 Å². The lowest BCUT2D eigenvalue weighted by atomic mass is 10.2. The quantitative estimate of drug-likeness (QED) is 0.704. The Kier molecular flexibility index (Phi) is 3.26. The minimum Gasteiger partial charge on any atom is -0.318 e. The van der Waals surface area contributed by atoms with Gasteiger partial charge < -0.3 is 5.32 Å². The van der Waals surface area contributed by atoms with Crippen LogP contribution in [0.4, 0.5) is 5.69 Å². The standard InChI is InChI=1S/C13H9ClN2OS2/c1-7-2-4-15-12(14)11(7)16-13(17)10-6-9-8(19-10)3-5-18-9/h2-6H,1H3,(H,16,17). The third-order valence-electron chi connectivity index (χ3n) is 2.71. The summed E-state index contributed by atoms with van der Waals surface area (Å²) in [6.45, 7) is 1.89. The van der Waals surface area contributed by atoms with E-state index in [4.69, 9.17) is 11.6 Å². The van der Waals surface area contributed by atoms with Crippen LogP contribution in [0.1, 0.15) is 15.2 Å². The van der Waals surface area contributed by atoms with E-state index in [-0.39, 0.29) is 5.91 Å². The first-order valence-electron chi connectivity index (χ1n) is 5.54. The predicted octanol–water partition coefficient (Wildman–Crippen LogP) is 4.57. The molecule has 0 bridgehead atoms. The third kappa shape index (κ3) is 2.36. The van der Waals surface area contributed by atoms with E-state index in [0.29, 0.717) is 15.7 Å². The highest BCUT2D eigenvalue weighted by Gasteiger charge is 2.14. The van der Waals surface area contributed by atoms with E-state index in [2.05, 4.69) is 10.3 Å². The summed E-state index contributed by atoms with van der Waals surface area (Å²) >= 11 is 9.11. The molecule has 3 rings (SSSR count). The monoisotopic (exact) mass is 308 g/mol. The van der Waals surface area contributed by atoms with E-state index >= 15 is 0 Å². The maximum absolute atomic E-state index is 12.2. The van der Waals surface area contributed by atoms with Crippen LogP contribution in [0, 0.1) is 6.92 Å². The van der Waals surface area contributed by atoms with E-state index in [1.54, 1.807) is 17.5 Å². The predicted molar refractivity (Wildman–Crippen MR) is 81.6 cm³/mol. The lowest BCUT2D eigenvalue weighted by Gasteiger charge is -2.08. The summed E-state index contributed by atoms with van der Waals surface area (Å²) in [6, 6.07) is 5.73. The molecule has 19 heavy (non-hydrogen) atoms. The van der Waals surface area contributed by atoms with Crippen LogP contribution in [0.25, 0.3) is 9.40 Å². The van der Waals surface area contributed by atoms with Crippen LogP contribution in [0.5, 0.6) is 0 Å². The summed E-state index contributed by atoms with van der Waals surface area (Å²) < 4.78 is 2.26. The summed E-state index contributed by atoms with van der Waals surface area (Å²) in [5, 5.41) is 5.16. The van der Waals surface area contributed by atoms with Crippen LogP contribution in [-0.2, 0) is 0 Å². The molecule has 0 aliphatic heterocycles. The Hall–Kier alpha value is -1.43. The first-order chi connectivity index (χ1) is 9.15. The first kappa shape index (κ1) is 12.6. The van der Waals surface area contributed by atoms with Crippen molar-refractivity contribution >= 4 is 55.3 Å². The molecule has 0 aliphatic carbocycles. The molecule has 0 radical (unpaired) electrons. The van der Waals surface area contributed by atoms with Crippen LogP contribution in [0.15, 0.2) is 29.8 Å². The Balaban J connectivity index is 1.91. The Morgan fingerprint density at radius 3 is 2.95 bits per heavy atom. The number of aromatic nitrogens is 1. The van der Waals surface area contributed by atoms with Crippen molar-refractivity contribution in [2.75, 3.05) is 5.32 Å². The largest absolute Gasteiger partial charge is 0.318 e. The Morgan fingerprint density at radius 2 is 2.21 bits per heavy atom. The molecule has 96 valence electrons. The fourth-order valence-corrected chi connectivity index (χ4v) is 3.98. The van der Waals surface area contributed by atoms with Gasteiger partial charge in [0.25, 0.3) is 5.91 Å². The van der Waals surface area contributed by atoms with Crippen molar-refractivity contribution in [3.63, 3.8) is 0 Å². The Bertz CT molecular complexity index is 714. The van der Waals surface area contributed by atoms with Crippen molar-refractivity contribution in [2.45, 2.75) is 6.92 Å². The number of thiophene rings is 2. The van der Waals surface area contributed by atoms with Gasteiger partial charge in [-0.25, -0.2) is 4.98 Å². The molecule has 0 fully saturated rings. The number of nitrogens with zero attached hydrogens (tertiary/aromatic N) is 1. The van der Waals surface area contributed by atoms with Gasteiger partial charge in [0.1, 0.15) is 0 Å². The SMILES string of the molecule is Cc1ccnc(Cl)c1NC(=O)c1cc2sccc2s1. The molecule has 1 amide bonds. The summed E-state index contributed by atoms with van der Waals surface area (Å²) in [5.41, 5.74) is 1.47. The summed E-state index contributed by atoms with van der Waals surface area (Å²) in [4.78, 5) is 16.9. The van der Waals surface area contributed by atoms with Gasteiger partial charge >= 0.3 is 0 Å². The molecule has 3 nitrogen and oxygen atoms in total. The third-order valence-corrected chi connectivity index (χ3v) is 5.09. The highest BCUT2D eigenvalue weighted by atomic mass is 35.5. The van der Waals surface area contributed by atoms with Crippen molar-refractivity contribution < 1.29 is 4.79 Å². The van der Waals surface area contributed by atoms with Crippen LogP contribution in [-0.4, -0.2) is 10.9 Å². The van der Waals surface area contributed by atoms with Gasteiger partial charge in [0, 0.05) is 15.6 Å². The van der Waals surface area contributed by atoms with Gasteiger partial charge in [0.2, 0.25) is 0 Å². The van der Waals surface area contributed by atoms with Crippen molar-refractivity contribution in [2.24, 2.45) is 0 Å². The zero-order chi connectivity index (χ0) is 13.4. The fourth-order valence-electron chi connectivity index (χ4n) is 1.73. The first-order valence-corrected chi connectivity index (χ1v) is 7.62. The number of hydrogen-bond donors (Lipinski definition) is 1. The number of carbonyl (C=O) groups excluding carboxylic acids is 1. The second-order valence-corrected chi connectivity index (χ2v) is 6.40. The van der Waals surface area contributed by atoms with Crippen molar-refractivity contribution in [1.82, 2.24) is 4.98 Å². The molecule has 0 unspecified atom stereocenters. The molecule has 0 saturated carbocycles. The molecule has 3 aromatic rings. The highest BCUT2D eigenvalue weighted by molar-refractivity contribution is 7.27. The number of anilines is 1. The van der Waals surface area contributed by atoms with E-state index in [1.807, 2.05) is 30.5 Å². The molecule has 0 saturated heterocycles. The van der Waals surface area contributed by atoms with Gasteiger partial charge in [0.05, 0.1) is 10.6 Å². The van der Waals surface area contributed by atoms with E-state index in [1.165, 1.54) is 11.3 Å². The maximum Gasteiger partial charge on any atom is 0.265 e. The molecule has 0 spiro atoms. The number of nitrogens with one attached hydrogen (secondary N) is 1. The number of hydrogen-bond acceptors (Lipinski definition) is 4. The van der Waals surface area contributed by atoms with Crippen LogP contribution < -0.4 is 5.32 Å².